The van der Waals surface area contributed by atoms with E-state index in [-0.39, 0.29) is 23.3 Å². The Balaban J connectivity index is 1.58. The minimum absolute atomic E-state index is 0.170. The zero-order valence-electron chi connectivity index (χ0n) is 15.4. The third-order valence-corrected chi connectivity index (χ3v) is 4.59. The van der Waals surface area contributed by atoms with Crippen molar-refractivity contribution < 1.29 is 19.1 Å². The zero-order chi connectivity index (χ0) is 20.8. The smallest absolute Gasteiger partial charge is 0.255 e. The van der Waals surface area contributed by atoms with E-state index in [4.69, 9.17) is 32.7 Å². The van der Waals surface area contributed by atoms with Crippen LogP contribution < -0.4 is 14.8 Å². The number of benzene rings is 3. The number of ketones is 1. The molecule has 0 aliphatic rings. The van der Waals surface area contributed by atoms with Crippen molar-refractivity contribution in [2.45, 2.75) is 0 Å². The molecule has 148 valence electrons. The lowest BCUT2D eigenvalue weighted by atomic mass is 10.1. The van der Waals surface area contributed by atoms with E-state index in [0.29, 0.717) is 33.3 Å². The van der Waals surface area contributed by atoms with E-state index < -0.39 is 0 Å². The summed E-state index contributed by atoms with van der Waals surface area (Å²) in [7, 11) is 1.54. The van der Waals surface area contributed by atoms with Crippen LogP contribution in [-0.2, 0) is 0 Å². The minimum Gasteiger partial charge on any atom is -0.497 e. The first kappa shape index (κ1) is 20.7. The summed E-state index contributed by atoms with van der Waals surface area (Å²) in [6.07, 6.45) is 0. The second-order valence-electron chi connectivity index (χ2n) is 6.05. The Kier molecular flexibility index (Phi) is 6.75. The predicted molar refractivity (Wildman–Crippen MR) is 114 cm³/mol. The summed E-state index contributed by atoms with van der Waals surface area (Å²) in [4.78, 5) is 24.6. The van der Waals surface area contributed by atoms with Gasteiger partial charge < -0.3 is 14.8 Å². The van der Waals surface area contributed by atoms with Gasteiger partial charge in [-0.2, -0.15) is 0 Å². The largest absolute Gasteiger partial charge is 0.497 e. The van der Waals surface area contributed by atoms with Crippen molar-refractivity contribution in [3.8, 4) is 11.5 Å². The van der Waals surface area contributed by atoms with Crippen LogP contribution >= 0.6 is 23.2 Å². The number of hydrogen-bond donors (Lipinski definition) is 1. The molecule has 0 atom stereocenters. The van der Waals surface area contributed by atoms with Crippen LogP contribution in [0.1, 0.15) is 20.7 Å². The first-order chi connectivity index (χ1) is 14.0. The fourth-order valence-corrected chi connectivity index (χ4v) is 3.06. The van der Waals surface area contributed by atoms with Crippen LogP contribution in [0.15, 0.2) is 66.7 Å². The summed E-state index contributed by atoms with van der Waals surface area (Å²) in [5.41, 5.74) is 1.42. The summed E-state index contributed by atoms with van der Waals surface area (Å²) in [6.45, 7) is -0.170. The Bertz CT molecular complexity index is 1040. The molecule has 0 saturated carbocycles. The zero-order valence-corrected chi connectivity index (χ0v) is 17.0. The Morgan fingerprint density at radius 2 is 1.69 bits per heavy atom. The van der Waals surface area contributed by atoms with E-state index in [1.807, 2.05) is 0 Å². The first-order valence-corrected chi connectivity index (χ1v) is 9.38. The van der Waals surface area contributed by atoms with Crippen molar-refractivity contribution in [3.63, 3.8) is 0 Å². The normalized spacial score (nSPS) is 10.3. The van der Waals surface area contributed by atoms with Gasteiger partial charge in [-0.15, -0.1) is 0 Å². The highest BCUT2D eigenvalue weighted by molar-refractivity contribution is 6.36. The molecule has 3 aromatic carbocycles. The molecule has 0 radical (unpaired) electrons. The third-order valence-electron chi connectivity index (χ3n) is 4.05. The number of carbonyl (C=O) groups is 2. The van der Waals surface area contributed by atoms with Gasteiger partial charge in [-0.25, -0.2) is 0 Å². The molecule has 0 unspecified atom stereocenters. The molecule has 5 nitrogen and oxygen atoms in total. The number of Topliss-reactive ketones (excluding diaryl/α,β-unsaturated/α-hetero) is 1. The van der Waals surface area contributed by atoms with Crippen molar-refractivity contribution in [1.82, 2.24) is 0 Å². The Morgan fingerprint density at radius 3 is 2.38 bits per heavy atom. The number of halogens is 2. The molecule has 29 heavy (non-hydrogen) atoms. The molecule has 0 aliphatic carbocycles. The lowest BCUT2D eigenvalue weighted by Crippen LogP contribution is -2.13. The molecule has 1 amide bonds. The van der Waals surface area contributed by atoms with Crippen molar-refractivity contribution in [3.05, 3.63) is 87.9 Å². The lowest BCUT2D eigenvalue weighted by Gasteiger charge is -2.09. The van der Waals surface area contributed by atoms with Crippen LogP contribution in [0.3, 0.4) is 0 Å². The van der Waals surface area contributed by atoms with E-state index >= 15 is 0 Å². The van der Waals surface area contributed by atoms with E-state index in [1.165, 1.54) is 6.07 Å². The van der Waals surface area contributed by atoms with Gasteiger partial charge in [0.05, 0.1) is 12.1 Å². The average Bonchev–Trinajstić information content (AvgIpc) is 2.73. The summed E-state index contributed by atoms with van der Waals surface area (Å²) in [6, 6.07) is 18.2. The second-order valence-corrected chi connectivity index (χ2v) is 6.89. The fraction of sp³-hybridized carbons (Fsp3) is 0.0909. The maximum Gasteiger partial charge on any atom is 0.255 e. The van der Waals surface area contributed by atoms with Crippen LogP contribution in [0.5, 0.6) is 11.5 Å². The molecule has 0 aliphatic heterocycles. The molecule has 7 heteroatoms. The molecule has 0 heterocycles. The summed E-state index contributed by atoms with van der Waals surface area (Å²) >= 11 is 11.9. The van der Waals surface area contributed by atoms with Gasteiger partial charge in [0.2, 0.25) is 5.78 Å². The van der Waals surface area contributed by atoms with E-state index in [9.17, 15) is 9.59 Å². The van der Waals surface area contributed by atoms with Gasteiger partial charge in [0.25, 0.3) is 5.91 Å². The second kappa shape index (κ2) is 9.45. The third kappa shape index (κ3) is 5.50. The van der Waals surface area contributed by atoms with Crippen LogP contribution in [-0.4, -0.2) is 25.4 Å². The highest BCUT2D eigenvalue weighted by Gasteiger charge is 2.12. The standard InChI is InChI=1S/C22H17Cl2NO4/c1-28-18-4-2-3-14(11-18)22(27)25-16-6-8-17(9-7-16)29-13-21(26)19-10-5-15(23)12-20(19)24/h2-12H,13H2,1H3,(H,25,27). The lowest BCUT2D eigenvalue weighted by molar-refractivity contribution is 0.0921. The fourth-order valence-electron chi connectivity index (χ4n) is 2.54. The number of anilines is 1. The molecule has 3 rings (SSSR count). The highest BCUT2D eigenvalue weighted by atomic mass is 35.5. The minimum atomic E-state index is -0.262. The number of carbonyl (C=O) groups excluding carboxylic acids is 2. The predicted octanol–water partition coefficient (Wildman–Crippen LogP) is 5.52. The molecule has 0 bridgehead atoms. The van der Waals surface area contributed by atoms with Gasteiger partial charge >= 0.3 is 0 Å². The monoisotopic (exact) mass is 429 g/mol. The van der Waals surface area contributed by atoms with Crippen LogP contribution in [0, 0.1) is 0 Å². The Labute approximate surface area is 178 Å². The number of amides is 1. The highest BCUT2D eigenvalue weighted by Crippen LogP contribution is 2.22. The van der Waals surface area contributed by atoms with Gasteiger partial charge in [-0.3, -0.25) is 9.59 Å². The van der Waals surface area contributed by atoms with Gasteiger partial charge in [-0.05, 0) is 60.7 Å². The summed E-state index contributed by atoms with van der Waals surface area (Å²) < 4.78 is 10.6. The van der Waals surface area contributed by atoms with E-state index in [1.54, 1.807) is 67.8 Å². The molecular weight excluding hydrogens is 413 g/mol. The number of ether oxygens (including phenoxy) is 2. The van der Waals surface area contributed by atoms with Gasteiger partial charge in [0.1, 0.15) is 11.5 Å². The molecule has 0 saturated heterocycles. The van der Waals surface area contributed by atoms with Crippen molar-refractivity contribution in [2.75, 3.05) is 19.0 Å². The van der Waals surface area contributed by atoms with Crippen molar-refractivity contribution in [1.29, 1.82) is 0 Å². The summed E-state index contributed by atoms with van der Waals surface area (Å²) in [5, 5.41) is 3.53. The summed E-state index contributed by atoms with van der Waals surface area (Å²) in [5.74, 6) is 0.571. The van der Waals surface area contributed by atoms with E-state index in [2.05, 4.69) is 5.32 Å². The molecule has 0 spiro atoms. The van der Waals surface area contributed by atoms with Gasteiger partial charge in [0, 0.05) is 21.8 Å². The van der Waals surface area contributed by atoms with Crippen molar-refractivity contribution in [2.24, 2.45) is 0 Å². The van der Waals surface area contributed by atoms with Crippen LogP contribution in [0.25, 0.3) is 0 Å². The van der Waals surface area contributed by atoms with Crippen molar-refractivity contribution >= 4 is 40.6 Å². The topological polar surface area (TPSA) is 64.6 Å². The number of rotatable bonds is 7. The van der Waals surface area contributed by atoms with Gasteiger partial charge in [0.15, 0.2) is 6.61 Å². The maximum absolute atomic E-state index is 12.3. The number of nitrogens with one attached hydrogen (secondary N) is 1. The number of hydrogen-bond acceptors (Lipinski definition) is 4. The molecule has 0 aromatic heterocycles. The first-order valence-electron chi connectivity index (χ1n) is 8.63. The SMILES string of the molecule is COc1cccc(C(=O)Nc2ccc(OCC(=O)c3ccc(Cl)cc3Cl)cc2)c1. The van der Waals surface area contributed by atoms with Crippen LogP contribution in [0.2, 0.25) is 10.0 Å². The molecular formula is C22H17Cl2NO4. The Hall–Kier alpha value is -3.02. The van der Waals surface area contributed by atoms with Gasteiger partial charge in [-0.1, -0.05) is 29.3 Å². The average molecular weight is 430 g/mol. The quantitative estimate of drug-likeness (QED) is 0.502. The van der Waals surface area contributed by atoms with E-state index in [0.717, 1.165) is 0 Å². The van der Waals surface area contributed by atoms with Crippen LogP contribution in [0.4, 0.5) is 5.69 Å². The molecule has 3 aromatic rings. The molecule has 1 N–H and O–H groups in total. The molecule has 0 fully saturated rings. The Morgan fingerprint density at radius 1 is 0.931 bits per heavy atom. The maximum atomic E-state index is 12.3. The number of methoxy groups -OCH3 is 1.